The van der Waals surface area contributed by atoms with Crippen LogP contribution in [-0.4, -0.2) is 85.9 Å². The molecular formula is C34H58FN5O6. The second-order valence-corrected chi connectivity index (χ2v) is 10.2. The molecule has 46 heavy (non-hydrogen) atoms. The van der Waals surface area contributed by atoms with Gasteiger partial charge in [0, 0.05) is 39.4 Å². The van der Waals surface area contributed by atoms with Crippen molar-refractivity contribution in [3.8, 4) is 11.3 Å². The van der Waals surface area contributed by atoms with Crippen molar-refractivity contribution in [1.29, 1.82) is 0 Å². The van der Waals surface area contributed by atoms with Crippen LogP contribution in [0.4, 0.5) is 10.3 Å². The minimum Gasteiger partial charge on any atom is -0.480 e. The molecule has 0 saturated heterocycles. The van der Waals surface area contributed by atoms with E-state index in [1.807, 2.05) is 65.6 Å². The average molecular weight is 652 g/mol. The molecule has 1 heterocycles. The highest BCUT2D eigenvalue weighted by Crippen LogP contribution is 2.31. The Morgan fingerprint density at radius 2 is 1.65 bits per heavy atom. The zero-order valence-electron chi connectivity index (χ0n) is 28.2. The lowest BCUT2D eigenvalue weighted by molar-refractivity contribution is -0.142. The first-order valence-electron chi connectivity index (χ1n) is 15.1. The summed E-state index contributed by atoms with van der Waals surface area (Å²) >= 11 is 0. The van der Waals surface area contributed by atoms with E-state index in [-0.39, 0.29) is 25.6 Å². The number of nitrogens with one attached hydrogen (secondary N) is 1. The van der Waals surface area contributed by atoms with E-state index in [0.717, 1.165) is 16.8 Å². The number of carbonyl (C=O) groups excluding carboxylic acids is 2. The first-order chi connectivity index (χ1) is 21.4. The van der Waals surface area contributed by atoms with Gasteiger partial charge in [-0.1, -0.05) is 47.3 Å². The van der Waals surface area contributed by atoms with Gasteiger partial charge in [0.1, 0.15) is 18.6 Å². The van der Waals surface area contributed by atoms with Crippen LogP contribution < -0.4 is 16.0 Å². The van der Waals surface area contributed by atoms with Crippen LogP contribution in [0.3, 0.4) is 0 Å². The van der Waals surface area contributed by atoms with Crippen molar-refractivity contribution in [3.05, 3.63) is 47.4 Å². The number of rotatable bonds is 15. The molecule has 2 atom stereocenters. The van der Waals surface area contributed by atoms with Crippen LogP contribution in [0.2, 0.25) is 0 Å². The van der Waals surface area contributed by atoms with Gasteiger partial charge in [-0.15, -0.1) is 0 Å². The molecule has 11 nitrogen and oxygen atoms in total. The van der Waals surface area contributed by atoms with Gasteiger partial charge in [0.05, 0.1) is 23.9 Å². The number of ether oxygens (including phenoxy) is 1. The van der Waals surface area contributed by atoms with E-state index < -0.39 is 24.0 Å². The van der Waals surface area contributed by atoms with Gasteiger partial charge in [-0.25, -0.2) is 19.2 Å². The van der Waals surface area contributed by atoms with Crippen LogP contribution in [0.15, 0.2) is 30.3 Å². The number of hydrogen-bond donors (Lipinski definition) is 4. The van der Waals surface area contributed by atoms with Gasteiger partial charge in [-0.3, -0.25) is 4.79 Å². The summed E-state index contributed by atoms with van der Waals surface area (Å²) in [4.78, 5) is 42.9. The molecule has 1 amide bonds. The molecule has 1 aromatic carbocycles. The molecule has 0 aliphatic carbocycles. The van der Waals surface area contributed by atoms with Crippen LogP contribution in [-0.2, 0) is 19.1 Å². The van der Waals surface area contributed by atoms with E-state index in [4.69, 9.17) is 20.5 Å². The Labute approximate surface area is 275 Å². The predicted molar refractivity (Wildman–Crippen MR) is 185 cm³/mol. The standard InChI is InChI=1S/C28H40FN5O4.C2H6O.C2H6.CH2O.CH4/c1-18(2)25-22(26(33-28(32-25)34(3)4)19-12-14-20(29)15-13-19)10-6-5-9-21(35)17-24(36)31-23(27(37)38)11-7-8-16-30;1-3-2;2*1-2;/h6,10,12-15,18,21,23,35H,5,7-9,11,16-17,30H2,1-4H3,(H,31,36)(H,37,38);1-2H3;1-2H3;1H2;1H4/b10-6+;;;;. The molecule has 0 fully saturated rings. The molecular weight excluding hydrogens is 593 g/mol. The van der Waals surface area contributed by atoms with Gasteiger partial charge in [0.15, 0.2) is 0 Å². The summed E-state index contributed by atoms with van der Waals surface area (Å²) < 4.78 is 17.8. The van der Waals surface area contributed by atoms with Crippen molar-refractivity contribution in [3.63, 3.8) is 0 Å². The number of hydrogen-bond acceptors (Lipinski definition) is 9. The van der Waals surface area contributed by atoms with Gasteiger partial charge in [-0.2, -0.15) is 0 Å². The number of nitrogens with two attached hydrogens (primary N) is 1. The number of carboxylic acid groups (broad SMARTS) is 1. The number of unbranched alkanes of at least 4 members (excludes halogenated alkanes) is 1. The molecule has 0 bridgehead atoms. The Balaban J connectivity index is -0.00000214. The topological polar surface area (TPSA) is 168 Å². The maximum atomic E-state index is 13.6. The summed E-state index contributed by atoms with van der Waals surface area (Å²) in [6.45, 7) is 10.5. The van der Waals surface area contributed by atoms with E-state index in [9.17, 15) is 24.2 Å². The zero-order chi connectivity index (χ0) is 34.9. The second-order valence-electron chi connectivity index (χ2n) is 10.2. The third-order valence-corrected chi connectivity index (χ3v) is 5.98. The Hall–Kier alpha value is -3.74. The smallest absolute Gasteiger partial charge is 0.326 e. The molecule has 2 unspecified atom stereocenters. The first kappa shape index (κ1) is 46.7. The molecule has 0 radical (unpaired) electrons. The van der Waals surface area contributed by atoms with Crippen LogP contribution in [0.1, 0.15) is 90.8 Å². The minimum absolute atomic E-state index is 0. The van der Waals surface area contributed by atoms with Gasteiger partial charge < -0.3 is 35.7 Å². The summed E-state index contributed by atoms with van der Waals surface area (Å²) in [6.07, 6.45) is 5.04. The van der Waals surface area contributed by atoms with Gasteiger partial charge >= 0.3 is 5.97 Å². The highest BCUT2D eigenvalue weighted by atomic mass is 19.1. The SMILES string of the molecule is C.C=O.CC.CC(C)c1nc(N(C)C)nc(-c2ccc(F)cc2)c1/C=C/CCC(O)CC(=O)NC(CCCCN)C(=O)O.COC. The first-order valence-corrected chi connectivity index (χ1v) is 15.1. The van der Waals surface area contributed by atoms with E-state index >= 15 is 0 Å². The minimum atomic E-state index is -1.10. The number of nitrogens with zero attached hydrogens (tertiary/aromatic N) is 3. The molecule has 1 aromatic heterocycles. The maximum Gasteiger partial charge on any atom is 0.326 e. The summed E-state index contributed by atoms with van der Waals surface area (Å²) in [5.74, 6) is -1.30. The largest absolute Gasteiger partial charge is 0.480 e. The Morgan fingerprint density at radius 3 is 2.13 bits per heavy atom. The van der Waals surface area contributed by atoms with E-state index in [0.29, 0.717) is 50.3 Å². The number of aliphatic hydroxyl groups excluding tert-OH is 1. The van der Waals surface area contributed by atoms with Crippen molar-refractivity contribution in [2.45, 2.75) is 91.7 Å². The Morgan fingerprint density at radius 1 is 1.09 bits per heavy atom. The fourth-order valence-electron chi connectivity index (χ4n) is 3.92. The van der Waals surface area contributed by atoms with Gasteiger partial charge in [0.25, 0.3) is 0 Å². The molecule has 12 heteroatoms. The van der Waals surface area contributed by atoms with Crippen molar-refractivity contribution in [2.24, 2.45) is 5.73 Å². The fourth-order valence-corrected chi connectivity index (χ4v) is 3.92. The quantitative estimate of drug-likeness (QED) is 0.182. The number of carbonyl (C=O) groups is 3. The van der Waals surface area contributed by atoms with E-state index in [2.05, 4.69) is 10.1 Å². The number of aliphatic hydroxyl groups is 1. The predicted octanol–water partition coefficient (Wildman–Crippen LogP) is 5.45. The summed E-state index contributed by atoms with van der Waals surface area (Å²) in [5.41, 5.74) is 8.53. The Bertz CT molecular complexity index is 1130. The molecule has 2 rings (SSSR count). The Kier molecular flexibility index (Phi) is 28.0. The van der Waals surface area contributed by atoms with Gasteiger partial charge in [-0.05, 0) is 68.8 Å². The van der Waals surface area contributed by atoms with Crippen LogP contribution >= 0.6 is 0 Å². The number of methoxy groups -OCH3 is 1. The lowest BCUT2D eigenvalue weighted by atomic mass is 9.97. The second kappa shape index (κ2) is 27.6. The van der Waals surface area contributed by atoms with Crippen LogP contribution in [0.25, 0.3) is 17.3 Å². The van der Waals surface area contributed by atoms with E-state index in [1.165, 1.54) is 12.1 Å². The number of aliphatic carboxylic acids is 1. The number of aromatic nitrogens is 2. The summed E-state index contributed by atoms with van der Waals surface area (Å²) in [7, 11) is 6.97. The van der Waals surface area contributed by atoms with Crippen molar-refractivity contribution in [1.82, 2.24) is 15.3 Å². The van der Waals surface area contributed by atoms with Crippen molar-refractivity contribution in [2.75, 3.05) is 39.8 Å². The molecule has 0 aliphatic rings. The van der Waals surface area contributed by atoms with Crippen molar-refractivity contribution < 1.29 is 33.7 Å². The lowest BCUT2D eigenvalue weighted by Gasteiger charge is -2.19. The number of allylic oxidation sites excluding steroid dienone is 1. The molecule has 5 N–H and O–H groups in total. The fraction of sp³-hybridized carbons (Fsp3) is 0.559. The van der Waals surface area contributed by atoms with E-state index in [1.54, 1.807) is 26.4 Å². The summed E-state index contributed by atoms with van der Waals surface area (Å²) in [5, 5.41) is 22.2. The van der Waals surface area contributed by atoms with Gasteiger partial charge in [0.2, 0.25) is 11.9 Å². The summed E-state index contributed by atoms with van der Waals surface area (Å²) in [6, 6.07) is 5.15. The molecule has 2 aromatic rings. The average Bonchev–Trinajstić information content (AvgIpc) is 3.01. The third kappa shape index (κ3) is 18.3. The monoisotopic (exact) mass is 651 g/mol. The maximum absolute atomic E-state index is 13.6. The zero-order valence-corrected chi connectivity index (χ0v) is 28.2. The van der Waals surface area contributed by atoms with Crippen LogP contribution in [0, 0.1) is 5.82 Å². The number of carboxylic acids is 1. The molecule has 0 saturated carbocycles. The number of halogens is 1. The number of benzene rings is 1. The van der Waals surface area contributed by atoms with Crippen molar-refractivity contribution >= 4 is 30.7 Å². The highest BCUT2D eigenvalue weighted by Gasteiger charge is 2.21. The molecule has 0 aliphatic heterocycles. The highest BCUT2D eigenvalue weighted by molar-refractivity contribution is 5.83. The normalized spacial score (nSPS) is 11.4. The number of amides is 1. The lowest BCUT2D eigenvalue weighted by Crippen LogP contribution is -2.41. The van der Waals surface area contributed by atoms with Crippen LogP contribution in [0.5, 0.6) is 0 Å². The molecule has 0 spiro atoms. The number of anilines is 1. The third-order valence-electron chi connectivity index (χ3n) is 5.98. The molecule has 262 valence electrons.